The molecule has 0 saturated heterocycles. The number of aromatic amines is 1. The van der Waals surface area contributed by atoms with Crippen molar-refractivity contribution >= 4 is 29.4 Å². The number of aromatic nitrogens is 1. The highest BCUT2D eigenvalue weighted by molar-refractivity contribution is 7.99. The van der Waals surface area contributed by atoms with E-state index in [0.717, 1.165) is 33.1 Å². The standard InChI is InChI=1S/C14H13NO4S2/c1-19-10-4-7(2-3-9(10)17)11-8(5-16)6-20-13-12(11)21-14(18)15-13/h2-5,8,11,17H,6H2,1H3,(H,15,18). The van der Waals surface area contributed by atoms with Crippen LogP contribution in [0.25, 0.3) is 0 Å². The zero-order valence-electron chi connectivity index (χ0n) is 11.2. The van der Waals surface area contributed by atoms with Crippen LogP contribution in [-0.2, 0) is 4.79 Å². The molecule has 1 aliphatic heterocycles. The lowest BCUT2D eigenvalue weighted by Crippen LogP contribution is -2.21. The van der Waals surface area contributed by atoms with E-state index in [2.05, 4.69) is 4.98 Å². The van der Waals surface area contributed by atoms with Crippen LogP contribution in [0.1, 0.15) is 16.4 Å². The van der Waals surface area contributed by atoms with Crippen LogP contribution >= 0.6 is 23.1 Å². The number of ether oxygens (including phenoxy) is 1. The molecule has 5 nitrogen and oxygen atoms in total. The quantitative estimate of drug-likeness (QED) is 0.847. The number of fused-ring (bicyclic) bond motifs is 1. The van der Waals surface area contributed by atoms with Gasteiger partial charge in [-0.25, -0.2) is 0 Å². The number of rotatable bonds is 3. The predicted octanol–water partition coefficient (Wildman–Crippen LogP) is 2.20. The first-order valence-electron chi connectivity index (χ1n) is 6.32. The molecule has 1 aromatic carbocycles. The minimum absolute atomic E-state index is 0.0524. The number of nitrogens with one attached hydrogen (secondary N) is 1. The van der Waals surface area contributed by atoms with Gasteiger partial charge in [-0.3, -0.25) is 4.79 Å². The Morgan fingerprint density at radius 2 is 2.29 bits per heavy atom. The number of aromatic hydroxyl groups is 1. The predicted molar refractivity (Wildman–Crippen MR) is 81.7 cm³/mol. The second-order valence-electron chi connectivity index (χ2n) is 4.73. The summed E-state index contributed by atoms with van der Waals surface area (Å²) in [6.45, 7) is 0. The second-order valence-corrected chi connectivity index (χ2v) is 6.77. The third-order valence-electron chi connectivity index (χ3n) is 3.51. The fourth-order valence-electron chi connectivity index (χ4n) is 2.51. The number of thiazole rings is 1. The van der Waals surface area contributed by atoms with E-state index >= 15 is 0 Å². The number of carbonyl (C=O) groups excluding carboxylic acids is 1. The largest absolute Gasteiger partial charge is 0.504 e. The molecule has 1 aliphatic rings. The molecule has 0 aliphatic carbocycles. The molecule has 0 fully saturated rings. The summed E-state index contributed by atoms with van der Waals surface area (Å²) in [7, 11) is 1.48. The van der Waals surface area contributed by atoms with Crippen molar-refractivity contribution in [2.75, 3.05) is 12.9 Å². The van der Waals surface area contributed by atoms with E-state index < -0.39 is 0 Å². The van der Waals surface area contributed by atoms with Crippen molar-refractivity contribution in [3.8, 4) is 11.5 Å². The minimum atomic E-state index is -0.205. The van der Waals surface area contributed by atoms with Crippen molar-refractivity contribution in [1.29, 1.82) is 0 Å². The highest BCUT2D eigenvalue weighted by atomic mass is 32.2. The van der Waals surface area contributed by atoms with Gasteiger partial charge in [-0.05, 0) is 17.7 Å². The Balaban J connectivity index is 2.13. The molecule has 0 bridgehead atoms. The average Bonchev–Trinajstić information content (AvgIpc) is 2.87. The van der Waals surface area contributed by atoms with Crippen molar-refractivity contribution in [3.63, 3.8) is 0 Å². The molecular formula is C14H13NO4S2. The molecule has 0 spiro atoms. The smallest absolute Gasteiger partial charge is 0.305 e. The first kappa shape index (κ1) is 14.2. The van der Waals surface area contributed by atoms with Crippen LogP contribution in [0, 0.1) is 5.92 Å². The molecule has 0 amide bonds. The van der Waals surface area contributed by atoms with Crippen LogP contribution in [0.5, 0.6) is 11.5 Å². The SMILES string of the molecule is COc1cc(C2c3sc(=O)[nH]c3SCC2C=O)ccc1O. The minimum Gasteiger partial charge on any atom is -0.504 e. The van der Waals surface area contributed by atoms with Crippen molar-refractivity contribution in [1.82, 2.24) is 4.98 Å². The van der Waals surface area contributed by atoms with Crippen molar-refractivity contribution in [3.05, 3.63) is 38.3 Å². The first-order valence-corrected chi connectivity index (χ1v) is 8.12. The van der Waals surface area contributed by atoms with Crippen molar-refractivity contribution < 1.29 is 14.6 Å². The number of phenols is 1. The summed E-state index contributed by atoms with van der Waals surface area (Å²) in [5.74, 6) is 0.647. The molecule has 3 rings (SSSR count). The Bertz CT molecular complexity index is 737. The molecule has 2 unspecified atom stereocenters. The molecule has 2 N–H and O–H groups in total. The zero-order chi connectivity index (χ0) is 15.0. The molecule has 1 aromatic heterocycles. The van der Waals surface area contributed by atoms with Gasteiger partial charge >= 0.3 is 4.87 Å². The normalized spacial score (nSPS) is 20.8. The van der Waals surface area contributed by atoms with Crippen molar-refractivity contribution in [2.24, 2.45) is 5.92 Å². The molecule has 2 heterocycles. The fraction of sp³-hybridized carbons (Fsp3) is 0.286. The molecule has 0 saturated carbocycles. The number of carbonyl (C=O) groups is 1. The average molecular weight is 323 g/mol. The topological polar surface area (TPSA) is 79.4 Å². The van der Waals surface area contributed by atoms with Gasteiger partial charge in [0.1, 0.15) is 6.29 Å². The van der Waals surface area contributed by atoms with E-state index in [0.29, 0.717) is 11.5 Å². The molecule has 2 aromatic rings. The number of benzene rings is 1. The Morgan fingerprint density at radius 1 is 1.48 bits per heavy atom. The van der Waals surface area contributed by atoms with Gasteiger partial charge in [0.15, 0.2) is 11.5 Å². The third kappa shape index (κ3) is 2.47. The van der Waals surface area contributed by atoms with Gasteiger partial charge in [0.2, 0.25) is 0 Å². The van der Waals surface area contributed by atoms with Gasteiger partial charge in [-0.1, -0.05) is 17.4 Å². The van der Waals surface area contributed by atoms with Crippen LogP contribution in [0.2, 0.25) is 0 Å². The first-order chi connectivity index (χ1) is 10.1. The molecule has 7 heteroatoms. The van der Waals surface area contributed by atoms with Gasteiger partial charge in [-0.15, -0.1) is 11.8 Å². The summed E-state index contributed by atoms with van der Waals surface area (Å²) in [4.78, 5) is 26.6. The Kier molecular flexibility index (Phi) is 3.77. The molecule has 0 radical (unpaired) electrons. The van der Waals surface area contributed by atoms with Crippen LogP contribution in [0.4, 0.5) is 0 Å². The Hall–Kier alpha value is -1.73. The molecule has 21 heavy (non-hydrogen) atoms. The van der Waals surface area contributed by atoms with Crippen LogP contribution in [0.15, 0.2) is 28.0 Å². The number of phenolic OH excluding ortho intramolecular Hbond substituents is 1. The summed E-state index contributed by atoms with van der Waals surface area (Å²) in [5, 5.41) is 10.5. The molecular weight excluding hydrogens is 310 g/mol. The number of thioether (sulfide) groups is 1. The third-order valence-corrected chi connectivity index (χ3v) is 5.77. The van der Waals surface area contributed by atoms with Gasteiger partial charge in [0.25, 0.3) is 0 Å². The van der Waals surface area contributed by atoms with Gasteiger partial charge in [0, 0.05) is 22.5 Å². The van der Waals surface area contributed by atoms with Gasteiger partial charge in [-0.2, -0.15) is 0 Å². The summed E-state index contributed by atoms with van der Waals surface area (Å²) < 4.78 is 5.13. The number of H-pyrrole nitrogens is 1. The Morgan fingerprint density at radius 3 is 3.00 bits per heavy atom. The second kappa shape index (κ2) is 5.57. The number of aldehydes is 1. The summed E-state index contributed by atoms with van der Waals surface area (Å²) >= 11 is 2.63. The summed E-state index contributed by atoms with van der Waals surface area (Å²) in [6.07, 6.45) is 0.935. The summed E-state index contributed by atoms with van der Waals surface area (Å²) in [5.41, 5.74) is 0.860. The van der Waals surface area contributed by atoms with E-state index in [1.165, 1.54) is 18.9 Å². The van der Waals surface area contributed by atoms with Crippen LogP contribution in [0.3, 0.4) is 0 Å². The summed E-state index contributed by atoms with van der Waals surface area (Å²) in [6, 6.07) is 5.04. The maximum atomic E-state index is 11.6. The van der Waals surface area contributed by atoms with E-state index in [1.54, 1.807) is 18.2 Å². The lowest BCUT2D eigenvalue weighted by Gasteiger charge is -2.27. The van der Waals surface area contributed by atoms with E-state index in [1.807, 2.05) is 0 Å². The van der Waals surface area contributed by atoms with Gasteiger partial charge in [0.05, 0.1) is 12.1 Å². The number of methoxy groups -OCH3 is 1. The lowest BCUT2D eigenvalue weighted by molar-refractivity contribution is -0.110. The number of hydrogen-bond acceptors (Lipinski definition) is 6. The maximum Gasteiger partial charge on any atom is 0.305 e. The lowest BCUT2D eigenvalue weighted by atomic mass is 9.86. The highest BCUT2D eigenvalue weighted by Crippen LogP contribution is 2.45. The number of hydrogen-bond donors (Lipinski definition) is 2. The van der Waals surface area contributed by atoms with Gasteiger partial charge < -0.3 is 19.6 Å². The van der Waals surface area contributed by atoms with E-state index in [9.17, 15) is 14.7 Å². The zero-order valence-corrected chi connectivity index (χ0v) is 12.8. The van der Waals surface area contributed by atoms with Crippen molar-refractivity contribution in [2.45, 2.75) is 10.9 Å². The monoisotopic (exact) mass is 323 g/mol. The fourth-order valence-corrected chi connectivity index (χ4v) is 4.88. The Labute approximate surface area is 129 Å². The van der Waals surface area contributed by atoms with E-state index in [-0.39, 0.29) is 22.5 Å². The highest BCUT2D eigenvalue weighted by Gasteiger charge is 2.34. The van der Waals surface area contributed by atoms with Crippen LogP contribution < -0.4 is 9.61 Å². The molecule has 2 atom stereocenters. The van der Waals surface area contributed by atoms with Crippen LogP contribution in [-0.4, -0.2) is 29.2 Å². The maximum absolute atomic E-state index is 11.6. The molecule has 110 valence electrons. The van der Waals surface area contributed by atoms with E-state index in [4.69, 9.17) is 4.74 Å².